The zero-order valence-corrected chi connectivity index (χ0v) is 16.4. The number of aryl methyl sites for hydroxylation is 1. The summed E-state index contributed by atoms with van der Waals surface area (Å²) in [6.07, 6.45) is 1.77. The van der Waals surface area contributed by atoms with Gasteiger partial charge >= 0.3 is 0 Å². The molecule has 2 aromatic rings. The molecule has 2 amide bonds. The number of amides is 2. The first-order valence-corrected chi connectivity index (χ1v) is 9.67. The average molecular weight is 385 g/mol. The maximum Gasteiger partial charge on any atom is 0.254 e. The Morgan fingerprint density at radius 2 is 1.89 bits per heavy atom. The maximum atomic E-state index is 12.5. The summed E-state index contributed by atoms with van der Waals surface area (Å²) in [7, 11) is 0. The van der Waals surface area contributed by atoms with Crippen LogP contribution in [0.5, 0.6) is 5.75 Å². The van der Waals surface area contributed by atoms with Crippen molar-refractivity contribution in [2.45, 2.75) is 20.3 Å². The molecule has 1 aliphatic heterocycles. The summed E-state index contributed by atoms with van der Waals surface area (Å²) in [5, 5.41) is 2.78. The SMILES string of the molecule is CCOc1ccccc1N1CCN(C(=O)CCNC(=O)c2ccoc2C)CC1. The van der Waals surface area contributed by atoms with E-state index in [0.717, 1.165) is 24.5 Å². The Bertz CT molecular complexity index is 809. The zero-order chi connectivity index (χ0) is 19.9. The van der Waals surface area contributed by atoms with Crippen LogP contribution in [0.1, 0.15) is 29.5 Å². The third-order valence-electron chi connectivity index (χ3n) is 4.87. The molecule has 1 aromatic carbocycles. The first kappa shape index (κ1) is 19.8. The fourth-order valence-corrected chi connectivity index (χ4v) is 3.35. The molecule has 1 saturated heterocycles. The molecule has 0 radical (unpaired) electrons. The molecule has 3 rings (SSSR count). The van der Waals surface area contributed by atoms with Crippen LogP contribution < -0.4 is 15.0 Å². The van der Waals surface area contributed by atoms with Gasteiger partial charge in [-0.2, -0.15) is 0 Å². The lowest BCUT2D eigenvalue weighted by Crippen LogP contribution is -2.49. The van der Waals surface area contributed by atoms with E-state index >= 15 is 0 Å². The molecule has 7 nitrogen and oxygen atoms in total. The number of anilines is 1. The highest BCUT2D eigenvalue weighted by molar-refractivity contribution is 5.95. The normalized spacial score (nSPS) is 14.1. The smallest absolute Gasteiger partial charge is 0.254 e. The predicted molar refractivity (Wildman–Crippen MR) is 107 cm³/mol. The number of carbonyl (C=O) groups excluding carboxylic acids is 2. The van der Waals surface area contributed by atoms with E-state index in [4.69, 9.17) is 9.15 Å². The number of furan rings is 1. The number of nitrogens with one attached hydrogen (secondary N) is 1. The predicted octanol–water partition coefficient (Wildman–Crippen LogP) is 2.46. The van der Waals surface area contributed by atoms with Crippen LogP contribution in [-0.4, -0.2) is 56.0 Å². The van der Waals surface area contributed by atoms with Gasteiger partial charge in [-0.05, 0) is 32.0 Å². The Morgan fingerprint density at radius 1 is 1.14 bits per heavy atom. The van der Waals surface area contributed by atoms with Gasteiger partial charge in [0.15, 0.2) is 0 Å². The molecule has 2 heterocycles. The van der Waals surface area contributed by atoms with Crippen molar-refractivity contribution >= 4 is 17.5 Å². The molecular weight excluding hydrogens is 358 g/mol. The van der Waals surface area contributed by atoms with Crippen molar-refractivity contribution in [1.82, 2.24) is 10.2 Å². The van der Waals surface area contributed by atoms with Crippen molar-refractivity contribution in [3.8, 4) is 5.75 Å². The molecule has 0 spiro atoms. The molecule has 1 aromatic heterocycles. The van der Waals surface area contributed by atoms with Crippen LogP contribution in [-0.2, 0) is 4.79 Å². The highest BCUT2D eigenvalue weighted by atomic mass is 16.5. The van der Waals surface area contributed by atoms with Gasteiger partial charge in [0.05, 0.1) is 24.1 Å². The number of piperazine rings is 1. The van der Waals surface area contributed by atoms with Crippen LogP contribution in [0, 0.1) is 6.92 Å². The highest BCUT2D eigenvalue weighted by Crippen LogP contribution is 2.28. The van der Waals surface area contributed by atoms with E-state index in [9.17, 15) is 9.59 Å². The summed E-state index contributed by atoms with van der Waals surface area (Å²) in [5.74, 6) is 1.30. The monoisotopic (exact) mass is 385 g/mol. The quantitative estimate of drug-likeness (QED) is 0.792. The first-order valence-electron chi connectivity index (χ1n) is 9.67. The van der Waals surface area contributed by atoms with E-state index in [0.29, 0.717) is 37.6 Å². The Labute approximate surface area is 165 Å². The van der Waals surface area contributed by atoms with Gasteiger partial charge in [0.1, 0.15) is 11.5 Å². The molecule has 1 N–H and O–H groups in total. The second kappa shape index (κ2) is 9.30. The number of hydrogen-bond acceptors (Lipinski definition) is 5. The number of rotatable bonds is 7. The Balaban J connectivity index is 1.45. The summed E-state index contributed by atoms with van der Waals surface area (Å²) in [4.78, 5) is 28.6. The topological polar surface area (TPSA) is 75.0 Å². The molecular formula is C21H27N3O4. The van der Waals surface area contributed by atoms with Crippen molar-refractivity contribution in [2.24, 2.45) is 0 Å². The fraction of sp³-hybridized carbons (Fsp3) is 0.429. The molecule has 28 heavy (non-hydrogen) atoms. The minimum absolute atomic E-state index is 0.0574. The number of benzene rings is 1. The summed E-state index contributed by atoms with van der Waals surface area (Å²) >= 11 is 0. The van der Waals surface area contributed by atoms with Crippen molar-refractivity contribution < 1.29 is 18.7 Å². The van der Waals surface area contributed by atoms with Gasteiger partial charge in [0.2, 0.25) is 5.91 Å². The number of nitrogens with zero attached hydrogens (tertiary/aromatic N) is 2. The molecule has 0 saturated carbocycles. The maximum absolute atomic E-state index is 12.5. The molecule has 0 unspecified atom stereocenters. The number of ether oxygens (including phenoxy) is 1. The molecule has 0 aliphatic carbocycles. The lowest BCUT2D eigenvalue weighted by atomic mass is 10.2. The number of carbonyl (C=O) groups is 2. The van der Waals surface area contributed by atoms with Gasteiger partial charge in [-0.3, -0.25) is 9.59 Å². The van der Waals surface area contributed by atoms with E-state index < -0.39 is 0 Å². The zero-order valence-electron chi connectivity index (χ0n) is 16.4. The molecule has 7 heteroatoms. The Hall–Kier alpha value is -2.96. The summed E-state index contributed by atoms with van der Waals surface area (Å²) in [5.41, 5.74) is 1.58. The second-order valence-corrected chi connectivity index (χ2v) is 6.66. The minimum atomic E-state index is -0.212. The first-order chi connectivity index (χ1) is 13.6. The molecule has 150 valence electrons. The number of hydrogen-bond donors (Lipinski definition) is 1. The van der Waals surface area contributed by atoms with Gasteiger partial charge in [0.25, 0.3) is 5.91 Å². The van der Waals surface area contributed by atoms with Gasteiger partial charge in [-0.1, -0.05) is 12.1 Å². The van der Waals surface area contributed by atoms with Crippen LogP contribution in [0.3, 0.4) is 0 Å². The van der Waals surface area contributed by atoms with Crippen molar-refractivity contribution in [1.29, 1.82) is 0 Å². The van der Waals surface area contributed by atoms with E-state index in [1.54, 1.807) is 13.0 Å². The lowest BCUT2D eigenvalue weighted by Gasteiger charge is -2.36. The van der Waals surface area contributed by atoms with E-state index in [1.165, 1.54) is 6.26 Å². The minimum Gasteiger partial charge on any atom is -0.492 e. The second-order valence-electron chi connectivity index (χ2n) is 6.66. The summed E-state index contributed by atoms with van der Waals surface area (Å²) < 4.78 is 10.8. The van der Waals surface area contributed by atoms with Gasteiger partial charge < -0.3 is 24.3 Å². The van der Waals surface area contributed by atoms with Crippen molar-refractivity contribution in [2.75, 3.05) is 44.2 Å². The van der Waals surface area contributed by atoms with Crippen LogP contribution in [0.2, 0.25) is 0 Å². The average Bonchev–Trinajstić information content (AvgIpc) is 3.15. The van der Waals surface area contributed by atoms with E-state index in [2.05, 4.69) is 16.3 Å². The van der Waals surface area contributed by atoms with Gasteiger partial charge in [-0.25, -0.2) is 0 Å². The summed E-state index contributed by atoms with van der Waals surface area (Å²) in [6, 6.07) is 9.62. The van der Waals surface area contributed by atoms with Gasteiger partial charge in [0, 0.05) is 39.1 Å². The Kier molecular flexibility index (Phi) is 6.57. The molecule has 0 bridgehead atoms. The van der Waals surface area contributed by atoms with Crippen LogP contribution in [0.25, 0.3) is 0 Å². The van der Waals surface area contributed by atoms with Crippen LogP contribution in [0.15, 0.2) is 41.0 Å². The standard InChI is InChI=1S/C21H27N3O4/c1-3-27-19-7-5-4-6-18(19)23-11-13-24(14-12-23)20(25)8-10-22-21(26)17-9-15-28-16(17)2/h4-7,9,15H,3,8,10-14H2,1-2H3,(H,22,26). The van der Waals surface area contributed by atoms with E-state index in [1.807, 2.05) is 30.0 Å². The molecule has 1 aliphatic rings. The van der Waals surface area contributed by atoms with Crippen molar-refractivity contribution in [3.63, 3.8) is 0 Å². The third kappa shape index (κ3) is 4.65. The Morgan fingerprint density at radius 3 is 2.57 bits per heavy atom. The summed E-state index contributed by atoms with van der Waals surface area (Å²) in [6.45, 7) is 7.49. The van der Waals surface area contributed by atoms with Crippen LogP contribution >= 0.6 is 0 Å². The highest BCUT2D eigenvalue weighted by Gasteiger charge is 2.23. The third-order valence-corrected chi connectivity index (χ3v) is 4.87. The number of para-hydroxylation sites is 2. The van der Waals surface area contributed by atoms with Crippen molar-refractivity contribution in [3.05, 3.63) is 47.9 Å². The molecule has 1 fully saturated rings. The lowest BCUT2D eigenvalue weighted by molar-refractivity contribution is -0.131. The van der Waals surface area contributed by atoms with E-state index in [-0.39, 0.29) is 18.2 Å². The fourth-order valence-electron chi connectivity index (χ4n) is 3.35. The molecule has 0 atom stereocenters. The van der Waals surface area contributed by atoms with Gasteiger partial charge in [-0.15, -0.1) is 0 Å². The van der Waals surface area contributed by atoms with Crippen LogP contribution in [0.4, 0.5) is 5.69 Å². The largest absolute Gasteiger partial charge is 0.492 e.